The van der Waals surface area contributed by atoms with Gasteiger partial charge in [0, 0.05) is 38.2 Å². The molecule has 0 unspecified atom stereocenters. The predicted molar refractivity (Wildman–Crippen MR) is 80.4 cm³/mol. The average Bonchev–Trinajstić information content (AvgIpc) is 2.65. The highest BCUT2D eigenvalue weighted by atomic mass is 32.2. The van der Waals surface area contributed by atoms with Crippen molar-refractivity contribution in [2.75, 3.05) is 32.9 Å². The third-order valence-corrected chi connectivity index (χ3v) is 6.53. The summed E-state index contributed by atoms with van der Waals surface area (Å²) in [5.74, 6) is 0.840. The van der Waals surface area contributed by atoms with Crippen molar-refractivity contribution >= 4 is 22.0 Å². The van der Waals surface area contributed by atoms with Crippen molar-refractivity contribution < 1.29 is 8.42 Å². The SMILES string of the molecule is CN(C)S(=O)(=O)N1CCS[C@H](c2ccccc2)CC1. The van der Waals surface area contributed by atoms with Crippen molar-refractivity contribution in [2.24, 2.45) is 0 Å². The van der Waals surface area contributed by atoms with Crippen LogP contribution in [0.2, 0.25) is 0 Å². The van der Waals surface area contributed by atoms with Gasteiger partial charge in [-0.25, -0.2) is 0 Å². The van der Waals surface area contributed by atoms with Gasteiger partial charge in [-0.15, -0.1) is 0 Å². The zero-order chi connectivity index (χ0) is 13.9. The van der Waals surface area contributed by atoms with Crippen molar-refractivity contribution in [1.82, 2.24) is 8.61 Å². The van der Waals surface area contributed by atoms with Crippen LogP contribution in [-0.4, -0.2) is 50.0 Å². The Labute approximate surface area is 120 Å². The van der Waals surface area contributed by atoms with Gasteiger partial charge in [-0.3, -0.25) is 0 Å². The maximum absolute atomic E-state index is 12.1. The Morgan fingerprint density at radius 2 is 1.89 bits per heavy atom. The molecule has 1 aromatic rings. The molecule has 0 aliphatic carbocycles. The Kier molecular flexibility index (Phi) is 4.89. The summed E-state index contributed by atoms with van der Waals surface area (Å²) < 4.78 is 27.1. The minimum Gasteiger partial charge on any atom is -0.195 e. The minimum atomic E-state index is -3.28. The number of benzene rings is 1. The molecule has 0 spiro atoms. The summed E-state index contributed by atoms with van der Waals surface area (Å²) in [6.07, 6.45) is 0.863. The van der Waals surface area contributed by atoms with Crippen LogP contribution in [-0.2, 0) is 10.2 Å². The molecule has 1 atom stereocenters. The summed E-state index contributed by atoms with van der Waals surface area (Å²) in [6.45, 7) is 1.18. The van der Waals surface area contributed by atoms with Gasteiger partial charge < -0.3 is 0 Å². The van der Waals surface area contributed by atoms with E-state index in [0.29, 0.717) is 18.3 Å². The predicted octanol–water partition coefficient (Wildman–Crippen LogP) is 1.97. The summed E-state index contributed by atoms with van der Waals surface area (Å²) in [6, 6.07) is 10.3. The van der Waals surface area contributed by atoms with Crippen molar-refractivity contribution in [3.63, 3.8) is 0 Å². The number of rotatable bonds is 3. The lowest BCUT2D eigenvalue weighted by atomic mass is 10.1. The summed E-state index contributed by atoms with van der Waals surface area (Å²) in [5, 5.41) is 0.392. The quantitative estimate of drug-likeness (QED) is 0.857. The molecule has 19 heavy (non-hydrogen) atoms. The molecule has 0 N–H and O–H groups in total. The Morgan fingerprint density at radius 3 is 2.53 bits per heavy atom. The fraction of sp³-hybridized carbons (Fsp3) is 0.538. The van der Waals surface area contributed by atoms with E-state index in [9.17, 15) is 8.42 Å². The summed E-state index contributed by atoms with van der Waals surface area (Å²) >= 11 is 1.84. The van der Waals surface area contributed by atoms with Crippen LogP contribution in [0.1, 0.15) is 17.2 Å². The molecule has 1 saturated heterocycles. The first-order chi connectivity index (χ1) is 9.01. The number of nitrogens with zero attached hydrogens (tertiary/aromatic N) is 2. The molecule has 1 heterocycles. The number of thioether (sulfide) groups is 1. The van der Waals surface area contributed by atoms with E-state index < -0.39 is 10.2 Å². The van der Waals surface area contributed by atoms with E-state index in [1.165, 1.54) is 9.87 Å². The van der Waals surface area contributed by atoms with E-state index >= 15 is 0 Å². The second kappa shape index (κ2) is 6.26. The van der Waals surface area contributed by atoms with Gasteiger partial charge in [0.1, 0.15) is 0 Å². The average molecular weight is 300 g/mol. The van der Waals surface area contributed by atoms with Crippen LogP contribution in [0.4, 0.5) is 0 Å². The van der Waals surface area contributed by atoms with Gasteiger partial charge in [-0.1, -0.05) is 30.3 Å². The Hall–Kier alpha value is -0.560. The molecular formula is C13H20N2O2S2. The molecule has 6 heteroatoms. The molecule has 0 amide bonds. The van der Waals surface area contributed by atoms with Gasteiger partial charge >= 0.3 is 0 Å². The Bertz CT molecular complexity index is 503. The van der Waals surface area contributed by atoms with Crippen LogP contribution in [0.25, 0.3) is 0 Å². The monoisotopic (exact) mass is 300 g/mol. The van der Waals surface area contributed by atoms with Gasteiger partial charge in [0.25, 0.3) is 10.2 Å². The summed E-state index contributed by atoms with van der Waals surface area (Å²) in [5.41, 5.74) is 1.29. The third kappa shape index (κ3) is 3.51. The lowest BCUT2D eigenvalue weighted by Crippen LogP contribution is -2.41. The maximum atomic E-state index is 12.1. The first kappa shape index (κ1) is 14.8. The molecule has 0 aromatic heterocycles. The Balaban J connectivity index is 2.07. The van der Waals surface area contributed by atoms with Gasteiger partial charge in [0.05, 0.1) is 0 Å². The van der Waals surface area contributed by atoms with Crippen LogP contribution in [0, 0.1) is 0 Å². The standard InChI is InChI=1S/C13H20N2O2S2/c1-14(2)19(16,17)15-9-8-13(18-11-10-15)12-6-4-3-5-7-12/h3-7,13H,8-11H2,1-2H3/t13-/m0/s1. The first-order valence-corrected chi connectivity index (χ1v) is 8.80. The molecule has 2 rings (SSSR count). The zero-order valence-electron chi connectivity index (χ0n) is 11.3. The molecule has 0 bridgehead atoms. The van der Waals surface area contributed by atoms with Gasteiger partial charge in [0.2, 0.25) is 0 Å². The highest BCUT2D eigenvalue weighted by Crippen LogP contribution is 2.34. The van der Waals surface area contributed by atoms with Gasteiger partial charge in [-0.2, -0.15) is 28.8 Å². The zero-order valence-corrected chi connectivity index (χ0v) is 13.0. The van der Waals surface area contributed by atoms with Crippen molar-refractivity contribution in [1.29, 1.82) is 0 Å². The fourth-order valence-corrected chi connectivity index (χ4v) is 4.61. The molecule has 4 nitrogen and oxygen atoms in total. The van der Waals surface area contributed by atoms with E-state index in [1.807, 2.05) is 30.0 Å². The summed E-state index contributed by atoms with van der Waals surface area (Å²) in [4.78, 5) is 0. The van der Waals surface area contributed by atoms with E-state index in [1.54, 1.807) is 18.4 Å². The third-order valence-electron chi connectivity index (χ3n) is 3.26. The number of hydrogen-bond donors (Lipinski definition) is 0. The van der Waals surface area contributed by atoms with Crippen LogP contribution in [0.15, 0.2) is 30.3 Å². The normalized spacial score (nSPS) is 22.4. The van der Waals surface area contributed by atoms with E-state index in [-0.39, 0.29) is 0 Å². The molecule has 106 valence electrons. The smallest absolute Gasteiger partial charge is 0.195 e. The van der Waals surface area contributed by atoms with Crippen molar-refractivity contribution in [2.45, 2.75) is 11.7 Å². The fourth-order valence-electron chi connectivity index (χ4n) is 2.15. The second-order valence-electron chi connectivity index (χ2n) is 4.75. The van der Waals surface area contributed by atoms with Gasteiger partial charge in [0.15, 0.2) is 0 Å². The minimum absolute atomic E-state index is 0.392. The second-order valence-corrected chi connectivity index (χ2v) is 8.20. The lowest BCUT2D eigenvalue weighted by molar-refractivity contribution is 0.387. The van der Waals surface area contributed by atoms with E-state index in [0.717, 1.165) is 12.2 Å². The molecule has 1 aliphatic rings. The van der Waals surface area contributed by atoms with Gasteiger partial charge in [-0.05, 0) is 12.0 Å². The van der Waals surface area contributed by atoms with Crippen LogP contribution < -0.4 is 0 Å². The highest BCUT2D eigenvalue weighted by molar-refractivity contribution is 7.99. The van der Waals surface area contributed by atoms with Crippen LogP contribution in [0.3, 0.4) is 0 Å². The van der Waals surface area contributed by atoms with Crippen molar-refractivity contribution in [3.8, 4) is 0 Å². The maximum Gasteiger partial charge on any atom is 0.281 e. The number of hydrogen-bond acceptors (Lipinski definition) is 3. The van der Waals surface area contributed by atoms with Crippen molar-refractivity contribution in [3.05, 3.63) is 35.9 Å². The topological polar surface area (TPSA) is 40.6 Å². The highest BCUT2D eigenvalue weighted by Gasteiger charge is 2.28. The molecule has 1 fully saturated rings. The van der Waals surface area contributed by atoms with Crippen LogP contribution in [0.5, 0.6) is 0 Å². The molecule has 0 saturated carbocycles. The van der Waals surface area contributed by atoms with Crippen LogP contribution >= 0.6 is 11.8 Å². The van der Waals surface area contributed by atoms with E-state index in [4.69, 9.17) is 0 Å². The lowest BCUT2D eigenvalue weighted by Gasteiger charge is -2.23. The molecule has 1 aromatic carbocycles. The summed E-state index contributed by atoms with van der Waals surface area (Å²) in [7, 11) is -0.105. The molecular weight excluding hydrogens is 280 g/mol. The first-order valence-electron chi connectivity index (χ1n) is 6.36. The largest absolute Gasteiger partial charge is 0.281 e. The molecule has 1 aliphatic heterocycles. The van der Waals surface area contributed by atoms with E-state index in [2.05, 4.69) is 12.1 Å². The Morgan fingerprint density at radius 1 is 1.21 bits per heavy atom. The molecule has 0 radical (unpaired) electrons.